The van der Waals surface area contributed by atoms with Crippen LogP contribution in [0.2, 0.25) is 0 Å². The third-order valence-electron chi connectivity index (χ3n) is 14.9. The van der Waals surface area contributed by atoms with Crippen LogP contribution < -0.4 is 10.1 Å². The van der Waals surface area contributed by atoms with Gasteiger partial charge in [-0.2, -0.15) is 0 Å². The SMILES string of the molecule is COc1c(CC(NC(=O)CCC2(C)OC3CC4CC(C4(C)C)C3(C)O2)B2OC3CC4CC(C4(C)C)C3(C)O2)cccc1C(=O)OCOC(=O)c1ccccc1. The van der Waals surface area contributed by atoms with E-state index in [1.165, 1.54) is 7.11 Å². The summed E-state index contributed by atoms with van der Waals surface area (Å²) in [6, 6.07) is 13.7. The first-order chi connectivity index (χ1) is 26.0. The van der Waals surface area contributed by atoms with Crippen molar-refractivity contribution in [2.75, 3.05) is 13.9 Å². The first-order valence-electron chi connectivity index (χ1n) is 20.0. The molecular formula is C43H56BNO10. The Balaban J connectivity index is 0.975. The van der Waals surface area contributed by atoms with Crippen LogP contribution in [0.1, 0.15) is 113 Å². The quantitative estimate of drug-likeness (QED) is 0.142. The number of rotatable bonds is 12. The average molecular weight is 758 g/mol. The van der Waals surface area contributed by atoms with Gasteiger partial charge < -0.3 is 38.3 Å². The Morgan fingerprint density at radius 2 is 1.47 bits per heavy atom. The number of benzene rings is 2. The minimum absolute atomic E-state index is 0.0207. The lowest BCUT2D eigenvalue weighted by Crippen LogP contribution is -2.65. The van der Waals surface area contributed by atoms with Crippen molar-refractivity contribution in [3.8, 4) is 5.75 Å². The molecule has 2 heterocycles. The van der Waals surface area contributed by atoms with Crippen LogP contribution in [0.15, 0.2) is 48.5 Å². The van der Waals surface area contributed by atoms with Crippen LogP contribution in [0.4, 0.5) is 0 Å². The summed E-state index contributed by atoms with van der Waals surface area (Å²) in [7, 11) is 0.759. The lowest BCUT2D eigenvalue weighted by atomic mass is 9.43. The predicted octanol–water partition coefficient (Wildman–Crippen LogP) is 6.70. The number of para-hydroxylation sites is 1. The van der Waals surface area contributed by atoms with E-state index < -0.39 is 43.2 Å². The zero-order valence-electron chi connectivity index (χ0n) is 33.5. The summed E-state index contributed by atoms with van der Waals surface area (Å²) in [5.74, 6) is -0.709. The van der Waals surface area contributed by atoms with E-state index in [1.54, 1.807) is 42.5 Å². The van der Waals surface area contributed by atoms with Crippen molar-refractivity contribution >= 4 is 25.0 Å². The first kappa shape index (κ1) is 38.4. The number of carbonyl (C=O) groups is 3. The van der Waals surface area contributed by atoms with E-state index in [1.807, 2.05) is 13.0 Å². The molecule has 2 saturated heterocycles. The van der Waals surface area contributed by atoms with Gasteiger partial charge in [-0.1, -0.05) is 58.0 Å². The van der Waals surface area contributed by atoms with Gasteiger partial charge in [0.15, 0.2) is 5.79 Å². The van der Waals surface area contributed by atoms with Gasteiger partial charge >= 0.3 is 19.1 Å². The Bertz CT molecular complexity index is 1840. The van der Waals surface area contributed by atoms with E-state index in [2.05, 4.69) is 46.9 Å². The van der Waals surface area contributed by atoms with E-state index in [-0.39, 0.29) is 53.0 Å². The minimum Gasteiger partial charge on any atom is -0.496 e. The fraction of sp³-hybridized carbons (Fsp3) is 0.651. The van der Waals surface area contributed by atoms with Crippen LogP contribution >= 0.6 is 0 Å². The Morgan fingerprint density at radius 1 is 0.818 bits per heavy atom. The Morgan fingerprint density at radius 3 is 2.15 bits per heavy atom. The zero-order valence-corrected chi connectivity index (χ0v) is 33.5. The molecule has 12 heteroatoms. The standard InChI is InChI=1S/C43H56BNO10/c1-39(2)27-20-30(39)42(6)32(22-27)52-41(5,54-42)18-17-35(46)45-34(44-53-33-23-28-21-31(40(28,3)4)43(33,7)55-44)19-26-15-12-16-29(36(26)49-8)38(48)51-24-50-37(47)25-13-10-9-11-14-25/h9-16,27-28,30-34H,17-24H2,1-8H3,(H,45,46). The lowest BCUT2D eigenvalue weighted by molar-refractivity contribution is -0.226. The molecule has 10 unspecified atom stereocenters. The number of methoxy groups -OCH3 is 1. The average Bonchev–Trinajstić information content (AvgIpc) is 3.66. The van der Waals surface area contributed by atoms with E-state index in [0.717, 1.165) is 25.7 Å². The molecule has 2 aromatic carbocycles. The summed E-state index contributed by atoms with van der Waals surface area (Å²) in [6.45, 7) is 15.1. The highest BCUT2D eigenvalue weighted by molar-refractivity contribution is 6.48. The molecule has 10 atom stereocenters. The fourth-order valence-corrected chi connectivity index (χ4v) is 11.5. The monoisotopic (exact) mass is 757 g/mol. The van der Waals surface area contributed by atoms with Crippen molar-refractivity contribution in [3.05, 3.63) is 65.2 Å². The molecule has 2 aromatic rings. The molecule has 55 heavy (non-hydrogen) atoms. The number of hydrogen-bond donors (Lipinski definition) is 1. The van der Waals surface area contributed by atoms with Crippen LogP contribution in [-0.2, 0) is 39.5 Å². The number of amides is 1. The molecule has 0 radical (unpaired) electrons. The molecule has 8 fully saturated rings. The molecule has 1 amide bonds. The third kappa shape index (κ3) is 6.39. The van der Waals surface area contributed by atoms with Gasteiger partial charge in [0, 0.05) is 12.8 Å². The van der Waals surface area contributed by atoms with Crippen LogP contribution in [0.3, 0.4) is 0 Å². The number of esters is 2. The highest BCUT2D eigenvalue weighted by Crippen LogP contribution is 2.68. The highest BCUT2D eigenvalue weighted by Gasteiger charge is 2.70. The van der Waals surface area contributed by atoms with E-state index in [0.29, 0.717) is 47.0 Å². The van der Waals surface area contributed by atoms with Crippen molar-refractivity contribution in [3.63, 3.8) is 0 Å². The van der Waals surface area contributed by atoms with Crippen molar-refractivity contribution in [1.82, 2.24) is 5.32 Å². The molecule has 2 aliphatic heterocycles. The summed E-state index contributed by atoms with van der Waals surface area (Å²) in [5.41, 5.74) is 0.685. The second kappa shape index (κ2) is 13.6. The Kier molecular flexibility index (Phi) is 9.50. The van der Waals surface area contributed by atoms with Crippen molar-refractivity contribution in [1.29, 1.82) is 0 Å². The molecule has 4 bridgehead atoms. The fourth-order valence-electron chi connectivity index (χ4n) is 11.5. The summed E-state index contributed by atoms with van der Waals surface area (Å²) < 4.78 is 43.3. The van der Waals surface area contributed by atoms with Crippen LogP contribution in [0.5, 0.6) is 5.75 Å². The van der Waals surface area contributed by atoms with E-state index >= 15 is 0 Å². The lowest BCUT2D eigenvalue weighted by Gasteiger charge is -2.64. The maximum atomic E-state index is 14.0. The van der Waals surface area contributed by atoms with Gasteiger partial charge in [-0.3, -0.25) is 4.79 Å². The molecule has 296 valence electrons. The highest BCUT2D eigenvalue weighted by atomic mass is 16.8. The van der Waals surface area contributed by atoms with Gasteiger partial charge in [-0.15, -0.1) is 0 Å². The smallest absolute Gasteiger partial charge is 0.482 e. The summed E-state index contributed by atoms with van der Waals surface area (Å²) in [6.07, 6.45) is 4.92. The van der Waals surface area contributed by atoms with Gasteiger partial charge in [-0.25, -0.2) is 9.59 Å². The van der Waals surface area contributed by atoms with Crippen molar-refractivity contribution in [2.45, 2.75) is 129 Å². The van der Waals surface area contributed by atoms with Crippen LogP contribution in [0, 0.1) is 34.5 Å². The van der Waals surface area contributed by atoms with Crippen LogP contribution in [0.25, 0.3) is 0 Å². The molecule has 1 N–H and O–H groups in total. The van der Waals surface area contributed by atoms with Gasteiger partial charge in [0.1, 0.15) is 11.3 Å². The third-order valence-corrected chi connectivity index (χ3v) is 14.9. The molecule has 0 aromatic heterocycles. The Labute approximate surface area is 324 Å². The number of nitrogens with one attached hydrogen (secondary N) is 1. The molecular weight excluding hydrogens is 701 g/mol. The zero-order chi connectivity index (χ0) is 39.1. The molecule has 6 saturated carbocycles. The number of carbonyl (C=O) groups excluding carboxylic acids is 3. The van der Waals surface area contributed by atoms with Gasteiger partial charge in [0.05, 0.1) is 42.0 Å². The number of ether oxygens (including phenoxy) is 5. The Hall–Kier alpha value is -3.45. The van der Waals surface area contributed by atoms with Gasteiger partial charge in [-0.05, 0) is 111 Å². The first-order valence-corrected chi connectivity index (χ1v) is 20.0. The second-order valence-corrected chi connectivity index (χ2v) is 18.6. The molecule has 11 nitrogen and oxygen atoms in total. The maximum absolute atomic E-state index is 14.0. The molecule has 8 aliphatic rings. The van der Waals surface area contributed by atoms with Crippen LogP contribution in [-0.4, -0.2) is 74.0 Å². The second-order valence-electron chi connectivity index (χ2n) is 18.6. The van der Waals surface area contributed by atoms with Crippen molar-refractivity contribution in [2.24, 2.45) is 34.5 Å². The largest absolute Gasteiger partial charge is 0.496 e. The normalized spacial score (nSPS) is 36.3. The van der Waals surface area contributed by atoms with Gasteiger partial charge in [0.25, 0.3) is 0 Å². The predicted molar refractivity (Wildman–Crippen MR) is 203 cm³/mol. The van der Waals surface area contributed by atoms with E-state index in [4.69, 9.17) is 33.0 Å². The van der Waals surface area contributed by atoms with Crippen molar-refractivity contribution < 1.29 is 47.4 Å². The summed E-state index contributed by atoms with van der Waals surface area (Å²) in [5, 5.41) is 3.26. The minimum atomic E-state index is -0.873. The molecule has 6 aliphatic carbocycles. The molecule has 10 rings (SSSR count). The summed E-state index contributed by atoms with van der Waals surface area (Å²) in [4.78, 5) is 39.7. The number of hydrogen-bond acceptors (Lipinski definition) is 10. The maximum Gasteiger partial charge on any atom is 0.482 e. The topological polar surface area (TPSA) is 128 Å². The van der Waals surface area contributed by atoms with Gasteiger partial charge in [0.2, 0.25) is 12.7 Å². The summed E-state index contributed by atoms with van der Waals surface area (Å²) >= 11 is 0. The van der Waals surface area contributed by atoms with E-state index in [9.17, 15) is 14.4 Å². The molecule has 0 spiro atoms.